The van der Waals surface area contributed by atoms with Crippen molar-refractivity contribution in [2.75, 3.05) is 13.2 Å². The maximum atomic E-state index is 13.6. The fourth-order valence-corrected chi connectivity index (χ4v) is 1.36. The van der Waals surface area contributed by atoms with E-state index in [0.717, 1.165) is 6.07 Å². The first kappa shape index (κ1) is 15.0. The van der Waals surface area contributed by atoms with Gasteiger partial charge in [0.1, 0.15) is 6.61 Å². The zero-order valence-electron chi connectivity index (χ0n) is 10.3. The molecule has 0 aliphatic rings. The largest absolute Gasteiger partial charge is 0.372 e. The number of benzene rings is 1. The van der Waals surface area contributed by atoms with Crippen molar-refractivity contribution in [1.29, 1.82) is 0 Å². The molecule has 7 heteroatoms. The van der Waals surface area contributed by atoms with Gasteiger partial charge in [-0.05, 0) is 13.0 Å². The smallest absolute Gasteiger partial charge is 0.251 e. The summed E-state index contributed by atoms with van der Waals surface area (Å²) in [5.74, 6) is -4.01. The molecule has 5 nitrogen and oxygen atoms in total. The van der Waals surface area contributed by atoms with Crippen LogP contribution in [-0.4, -0.2) is 25.0 Å². The third-order valence-corrected chi connectivity index (χ3v) is 2.34. The Morgan fingerprint density at radius 1 is 1.32 bits per heavy atom. The molecule has 0 aliphatic heterocycles. The molecule has 0 saturated carbocycles. The van der Waals surface area contributed by atoms with Gasteiger partial charge in [-0.25, -0.2) is 8.78 Å². The summed E-state index contributed by atoms with van der Waals surface area (Å²) in [6, 6.07) is 2.27. The first-order chi connectivity index (χ1) is 8.97. The number of primary amides is 1. The molecule has 0 fully saturated rings. The van der Waals surface area contributed by atoms with Crippen LogP contribution >= 0.6 is 0 Å². The van der Waals surface area contributed by atoms with Crippen molar-refractivity contribution in [2.45, 2.75) is 13.5 Å². The SMILES string of the molecule is CCOCC(=O)NCc1ccc(C(N)=O)c(F)c1F. The summed E-state index contributed by atoms with van der Waals surface area (Å²) in [7, 11) is 0. The highest BCUT2D eigenvalue weighted by Crippen LogP contribution is 2.15. The molecule has 0 heterocycles. The summed E-state index contributed by atoms with van der Waals surface area (Å²) in [5.41, 5.74) is 4.28. The van der Waals surface area contributed by atoms with E-state index in [2.05, 4.69) is 5.32 Å². The zero-order valence-corrected chi connectivity index (χ0v) is 10.3. The second kappa shape index (κ2) is 6.79. The van der Waals surface area contributed by atoms with Crippen molar-refractivity contribution in [3.8, 4) is 0 Å². The Kier molecular flexibility index (Phi) is 5.37. The molecular formula is C12H14F2N2O3. The van der Waals surface area contributed by atoms with Gasteiger partial charge in [0.2, 0.25) is 5.91 Å². The molecule has 0 spiro atoms. The van der Waals surface area contributed by atoms with Gasteiger partial charge in [0.05, 0.1) is 5.56 Å². The molecule has 1 rings (SSSR count). The summed E-state index contributed by atoms with van der Waals surface area (Å²) in [5, 5.41) is 2.36. The molecule has 0 atom stereocenters. The number of nitrogens with one attached hydrogen (secondary N) is 1. The van der Waals surface area contributed by atoms with Crippen LogP contribution < -0.4 is 11.1 Å². The molecule has 1 aromatic carbocycles. The average Bonchev–Trinajstić information content (AvgIpc) is 2.37. The predicted molar refractivity (Wildman–Crippen MR) is 63.2 cm³/mol. The number of carbonyl (C=O) groups is 2. The third-order valence-electron chi connectivity index (χ3n) is 2.34. The molecule has 2 amide bonds. The van der Waals surface area contributed by atoms with Crippen molar-refractivity contribution in [3.05, 3.63) is 34.9 Å². The minimum atomic E-state index is -1.32. The van der Waals surface area contributed by atoms with E-state index in [1.165, 1.54) is 6.07 Å². The van der Waals surface area contributed by atoms with Crippen molar-refractivity contribution < 1.29 is 23.1 Å². The summed E-state index contributed by atoms with van der Waals surface area (Å²) in [6.45, 7) is 1.75. The van der Waals surface area contributed by atoms with Gasteiger partial charge in [0, 0.05) is 18.7 Å². The molecule has 0 aromatic heterocycles. The van der Waals surface area contributed by atoms with Crippen molar-refractivity contribution in [2.24, 2.45) is 5.73 Å². The molecule has 19 heavy (non-hydrogen) atoms. The maximum absolute atomic E-state index is 13.6. The fraction of sp³-hybridized carbons (Fsp3) is 0.333. The topological polar surface area (TPSA) is 81.4 Å². The Labute approximate surface area is 108 Å². The Morgan fingerprint density at radius 3 is 2.58 bits per heavy atom. The van der Waals surface area contributed by atoms with Crippen LogP contribution in [0, 0.1) is 11.6 Å². The molecule has 1 aromatic rings. The van der Waals surface area contributed by atoms with E-state index in [1.54, 1.807) is 6.92 Å². The number of hydrogen-bond donors (Lipinski definition) is 2. The Bertz CT molecular complexity index is 492. The van der Waals surface area contributed by atoms with Gasteiger partial charge in [0.15, 0.2) is 11.6 Å². The fourth-order valence-electron chi connectivity index (χ4n) is 1.36. The lowest BCUT2D eigenvalue weighted by Gasteiger charge is -2.08. The number of ether oxygens (including phenoxy) is 1. The number of nitrogens with two attached hydrogens (primary N) is 1. The lowest BCUT2D eigenvalue weighted by Crippen LogP contribution is -2.27. The number of hydrogen-bond acceptors (Lipinski definition) is 3. The standard InChI is InChI=1S/C12H14F2N2O3/c1-2-19-6-9(17)16-5-7-3-4-8(12(15)18)11(14)10(7)13/h3-4H,2,5-6H2,1H3,(H2,15,18)(H,16,17). The van der Waals surface area contributed by atoms with Crippen molar-refractivity contribution >= 4 is 11.8 Å². The summed E-state index contributed by atoms with van der Waals surface area (Å²) in [4.78, 5) is 22.0. The number of rotatable bonds is 6. The Balaban J connectivity index is 2.73. The number of amides is 2. The van der Waals surface area contributed by atoms with Crippen molar-refractivity contribution in [1.82, 2.24) is 5.32 Å². The minimum absolute atomic E-state index is 0.0765. The van der Waals surface area contributed by atoms with Crippen LogP contribution in [0.25, 0.3) is 0 Å². The maximum Gasteiger partial charge on any atom is 0.251 e. The summed E-state index contributed by atoms with van der Waals surface area (Å²) >= 11 is 0. The van der Waals surface area contributed by atoms with E-state index in [4.69, 9.17) is 10.5 Å². The summed E-state index contributed by atoms with van der Waals surface area (Å²) < 4.78 is 31.8. The lowest BCUT2D eigenvalue weighted by atomic mass is 10.1. The molecule has 104 valence electrons. The third kappa shape index (κ3) is 3.99. The van der Waals surface area contributed by atoms with E-state index >= 15 is 0 Å². The molecule has 0 saturated heterocycles. The normalized spacial score (nSPS) is 10.3. The zero-order chi connectivity index (χ0) is 14.4. The molecular weight excluding hydrogens is 258 g/mol. The van der Waals surface area contributed by atoms with Gasteiger partial charge in [0.25, 0.3) is 5.91 Å². The van der Waals surface area contributed by atoms with Crippen LogP contribution in [0.5, 0.6) is 0 Å². The number of halogens is 2. The lowest BCUT2D eigenvalue weighted by molar-refractivity contribution is -0.125. The average molecular weight is 272 g/mol. The van der Waals surface area contributed by atoms with Crippen LogP contribution in [0.1, 0.15) is 22.8 Å². The molecule has 0 bridgehead atoms. The highest BCUT2D eigenvalue weighted by Gasteiger charge is 2.16. The second-order valence-electron chi connectivity index (χ2n) is 3.68. The highest BCUT2D eigenvalue weighted by atomic mass is 19.2. The van der Waals surface area contributed by atoms with Crippen LogP contribution in [-0.2, 0) is 16.1 Å². The molecule has 0 aliphatic carbocycles. The van der Waals surface area contributed by atoms with Crippen LogP contribution in [0.4, 0.5) is 8.78 Å². The van der Waals surface area contributed by atoms with Gasteiger partial charge < -0.3 is 15.8 Å². The van der Waals surface area contributed by atoms with Gasteiger partial charge in [-0.1, -0.05) is 6.07 Å². The summed E-state index contributed by atoms with van der Waals surface area (Å²) in [6.07, 6.45) is 0. The van der Waals surface area contributed by atoms with Gasteiger partial charge in [-0.2, -0.15) is 0 Å². The van der Waals surface area contributed by atoms with E-state index in [9.17, 15) is 18.4 Å². The minimum Gasteiger partial charge on any atom is -0.372 e. The van der Waals surface area contributed by atoms with Crippen LogP contribution in [0.3, 0.4) is 0 Å². The molecule has 0 radical (unpaired) electrons. The quantitative estimate of drug-likeness (QED) is 0.800. The van der Waals surface area contributed by atoms with E-state index < -0.39 is 29.0 Å². The van der Waals surface area contributed by atoms with Crippen LogP contribution in [0.2, 0.25) is 0 Å². The van der Waals surface area contributed by atoms with E-state index in [0.29, 0.717) is 6.61 Å². The first-order valence-corrected chi connectivity index (χ1v) is 5.58. The molecule has 3 N–H and O–H groups in total. The first-order valence-electron chi connectivity index (χ1n) is 5.58. The Morgan fingerprint density at radius 2 is 2.00 bits per heavy atom. The second-order valence-corrected chi connectivity index (χ2v) is 3.68. The predicted octanol–water partition coefficient (Wildman–Crippen LogP) is 0.716. The van der Waals surface area contributed by atoms with Gasteiger partial charge >= 0.3 is 0 Å². The highest BCUT2D eigenvalue weighted by molar-refractivity contribution is 5.93. The van der Waals surface area contributed by atoms with Gasteiger partial charge in [-0.15, -0.1) is 0 Å². The van der Waals surface area contributed by atoms with Crippen molar-refractivity contribution in [3.63, 3.8) is 0 Å². The van der Waals surface area contributed by atoms with Gasteiger partial charge in [-0.3, -0.25) is 9.59 Å². The monoisotopic (exact) mass is 272 g/mol. The molecule has 0 unspecified atom stereocenters. The number of carbonyl (C=O) groups excluding carboxylic acids is 2. The van der Waals surface area contributed by atoms with Crippen LogP contribution in [0.15, 0.2) is 12.1 Å². The van der Waals surface area contributed by atoms with E-state index in [-0.39, 0.29) is 18.7 Å². The van der Waals surface area contributed by atoms with E-state index in [1.807, 2.05) is 0 Å². The Hall–Kier alpha value is -2.02.